The molecule has 4 atom stereocenters. The van der Waals surface area contributed by atoms with Crippen LogP contribution in [0.2, 0.25) is 0 Å². The molecule has 0 unspecified atom stereocenters. The third-order valence-corrected chi connectivity index (χ3v) is 10.1. The molecular weight excluding hydrogens is 703 g/mol. The van der Waals surface area contributed by atoms with E-state index in [0.717, 1.165) is 10.6 Å². The Morgan fingerprint density at radius 2 is 1.70 bits per heavy atom. The van der Waals surface area contributed by atoms with Crippen LogP contribution >= 0.6 is 11.3 Å². The molecule has 4 heterocycles. The molecule has 2 aromatic heterocycles. The van der Waals surface area contributed by atoms with E-state index in [9.17, 15) is 33.9 Å². The van der Waals surface area contributed by atoms with Gasteiger partial charge in [-0.2, -0.15) is 0 Å². The molecule has 2 aliphatic rings. The second-order valence-electron chi connectivity index (χ2n) is 12.9. The zero-order chi connectivity index (χ0) is 37.3. The summed E-state index contributed by atoms with van der Waals surface area (Å²) in [7, 11) is 0. The molecule has 6 rings (SSSR count). The van der Waals surface area contributed by atoms with E-state index in [1.54, 1.807) is 29.6 Å². The van der Waals surface area contributed by atoms with Gasteiger partial charge in [0.25, 0.3) is 5.91 Å². The van der Waals surface area contributed by atoms with Crippen LogP contribution in [0.25, 0.3) is 21.9 Å². The van der Waals surface area contributed by atoms with Crippen LogP contribution in [-0.4, -0.2) is 92.9 Å². The average Bonchev–Trinajstić information content (AvgIpc) is 3.93. The molecule has 5 N–H and O–H groups in total. The van der Waals surface area contributed by atoms with Gasteiger partial charge >= 0.3 is 5.97 Å². The lowest BCUT2D eigenvalue weighted by molar-refractivity contribution is -0.144. The first kappa shape index (κ1) is 36.9. The SMILES string of the molecule is O=C1CC[C@@H](C(=O)O)NC(=O)[C@@H]2C[C@@H](NC(=O)Cc3csc(-c4ccccc4)n3)CN2C(=O)[C@@H](NC(=O)c2cnoc2-c2ccccc2)CCCCN1. The lowest BCUT2D eigenvalue weighted by atomic mass is 10.0. The zero-order valence-corrected chi connectivity index (χ0v) is 29.5. The number of aliphatic carboxylic acids is 1. The van der Waals surface area contributed by atoms with Crippen LogP contribution in [0.5, 0.6) is 0 Å². The molecule has 53 heavy (non-hydrogen) atoms. The highest BCUT2D eigenvalue weighted by Gasteiger charge is 2.43. The first-order valence-electron chi connectivity index (χ1n) is 17.4. The van der Waals surface area contributed by atoms with Crippen LogP contribution < -0.4 is 21.3 Å². The summed E-state index contributed by atoms with van der Waals surface area (Å²) in [4.78, 5) is 85.5. The quantitative estimate of drug-likeness (QED) is 0.178. The van der Waals surface area contributed by atoms with Crippen molar-refractivity contribution in [2.75, 3.05) is 13.1 Å². The summed E-state index contributed by atoms with van der Waals surface area (Å²) in [5, 5.41) is 27.2. The minimum Gasteiger partial charge on any atom is -0.480 e. The van der Waals surface area contributed by atoms with Crippen LogP contribution in [0.4, 0.5) is 0 Å². The lowest BCUT2D eigenvalue weighted by Gasteiger charge is -2.29. The van der Waals surface area contributed by atoms with Crippen LogP contribution in [0, 0.1) is 0 Å². The Balaban J connectivity index is 1.22. The van der Waals surface area contributed by atoms with E-state index < -0.39 is 47.9 Å². The van der Waals surface area contributed by atoms with Gasteiger partial charge in [-0.25, -0.2) is 9.78 Å². The normalized spacial score (nSPS) is 21.4. The fourth-order valence-electron chi connectivity index (χ4n) is 6.46. The van der Waals surface area contributed by atoms with E-state index in [0.29, 0.717) is 24.1 Å². The highest BCUT2D eigenvalue weighted by Crippen LogP contribution is 2.26. The number of hydrogen-bond acceptors (Lipinski definition) is 10. The fraction of sp³-hybridized carbons (Fsp3) is 0.351. The van der Waals surface area contributed by atoms with Crippen molar-refractivity contribution in [1.29, 1.82) is 0 Å². The van der Waals surface area contributed by atoms with Crippen molar-refractivity contribution in [3.63, 3.8) is 0 Å². The number of carboxylic acids is 1. The van der Waals surface area contributed by atoms with Crippen molar-refractivity contribution in [2.24, 2.45) is 0 Å². The number of nitrogens with one attached hydrogen (secondary N) is 4. The number of carbonyl (C=O) groups is 6. The highest BCUT2D eigenvalue weighted by molar-refractivity contribution is 7.13. The Kier molecular flexibility index (Phi) is 11.9. The standard InChI is InChI=1S/C37H39N7O8S/c45-30-15-14-28(37(50)51)43-34(48)29-17-24(40-31(46)18-25-21-53-35(41-25)23-11-5-2-6-12-23)20-44(29)36(49)27(13-7-8-16-38-30)42-33(47)26-19-39-52-32(26)22-9-3-1-4-10-22/h1-6,9-12,19,21,24,27-29H,7-8,13-18,20H2,(H,38,45)(H,40,46)(H,42,47)(H,43,48)(H,50,51)/t24-,27+,28+,29+/m1/s1. The predicted octanol–water partition coefficient (Wildman–Crippen LogP) is 2.54. The highest BCUT2D eigenvalue weighted by atomic mass is 32.1. The second kappa shape index (κ2) is 17.1. The Labute approximate surface area is 308 Å². The van der Waals surface area contributed by atoms with E-state index in [1.807, 2.05) is 36.4 Å². The van der Waals surface area contributed by atoms with Gasteiger partial charge in [0.2, 0.25) is 23.6 Å². The van der Waals surface area contributed by atoms with Crippen molar-refractivity contribution in [3.05, 3.63) is 83.5 Å². The Hall–Kier alpha value is -5.90. The maximum Gasteiger partial charge on any atom is 0.326 e. The van der Waals surface area contributed by atoms with Crippen molar-refractivity contribution in [3.8, 4) is 21.9 Å². The van der Waals surface area contributed by atoms with Crippen molar-refractivity contribution in [1.82, 2.24) is 36.3 Å². The number of hydrogen-bond donors (Lipinski definition) is 5. The maximum absolute atomic E-state index is 14.4. The molecule has 5 amide bonds. The van der Waals surface area contributed by atoms with Crippen LogP contribution in [0.1, 0.15) is 54.6 Å². The average molecular weight is 742 g/mol. The topological polar surface area (TPSA) is 213 Å². The van der Waals surface area contributed by atoms with Gasteiger partial charge < -0.3 is 35.8 Å². The first-order valence-corrected chi connectivity index (χ1v) is 18.2. The summed E-state index contributed by atoms with van der Waals surface area (Å²) in [6, 6.07) is 14.1. The second-order valence-corrected chi connectivity index (χ2v) is 13.8. The maximum atomic E-state index is 14.4. The molecule has 2 aliphatic heterocycles. The third-order valence-electron chi connectivity index (χ3n) is 9.14. The molecule has 2 aromatic carbocycles. The van der Waals surface area contributed by atoms with Gasteiger partial charge in [0, 0.05) is 42.1 Å². The third kappa shape index (κ3) is 9.32. The number of nitrogens with zero attached hydrogens (tertiary/aromatic N) is 3. The number of amides is 5. The summed E-state index contributed by atoms with van der Waals surface area (Å²) in [6.07, 6.45) is 1.99. The molecule has 2 fully saturated rings. The summed E-state index contributed by atoms with van der Waals surface area (Å²) in [5.74, 6) is -3.80. The van der Waals surface area contributed by atoms with Gasteiger partial charge in [-0.1, -0.05) is 65.8 Å². The van der Waals surface area contributed by atoms with Crippen LogP contribution in [-0.2, 0) is 30.4 Å². The van der Waals surface area contributed by atoms with Gasteiger partial charge in [-0.15, -0.1) is 11.3 Å². The van der Waals surface area contributed by atoms with Gasteiger partial charge in [-0.05, 0) is 32.1 Å². The van der Waals surface area contributed by atoms with E-state index in [4.69, 9.17) is 4.52 Å². The Morgan fingerprint density at radius 1 is 0.962 bits per heavy atom. The van der Waals surface area contributed by atoms with Gasteiger partial charge in [0.05, 0.1) is 18.3 Å². The number of thiazole rings is 1. The largest absolute Gasteiger partial charge is 0.480 e. The summed E-state index contributed by atoms with van der Waals surface area (Å²) in [6.45, 7) is 0.204. The number of benzene rings is 2. The van der Waals surface area contributed by atoms with E-state index in [1.165, 1.54) is 22.4 Å². The number of aromatic nitrogens is 2. The lowest BCUT2D eigenvalue weighted by Crippen LogP contribution is -2.55. The summed E-state index contributed by atoms with van der Waals surface area (Å²) < 4.78 is 5.39. The molecule has 0 radical (unpaired) electrons. The fourth-order valence-corrected chi connectivity index (χ4v) is 7.29. The summed E-state index contributed by atoms with van der Waals surface area (Å²) in [5.41, 5.74) is 2.20. The predicted molar refractivity (Wildman–Crippen MR) is 192 cm³/mol. The number of carbonyl (C=O) groups excluding carboxylic acids is 5. The van der Waals surface area contributed by atoms with Crippen molar-refractivity contribution in [2.45, 2.75) is 69.1 Å². The van der Waals surface area contributed by atoms with E-state index in [-0.39, 0.29) is 68.3 Å². The Bertz CT molecular complexity index is 1950. The molecule has 0 bridgehead atoms. The molecule has 0 aliphatic carbocycles. The van der Waals surface area contributed by atoms with Gasteiger partial charge in [0.15, 0.2) is 5.76 Å². The number of carboxylic acid groups (broad SMARTS) is 1. The molecule has 15 nitrogen and oxygen atoms in total. The van der Waals surface area contributed by atoms with Gasteiger partial charge in [-0.3, -0.25) is 24.0 Å². The van der Waals surface area contributed by atoms with Gasteiger partial charge in [0.1, 0.15) is 28.7 Å². The molecule has 0 saturated carbocycles. The summed E-state index contributed by atoms with van der Waals surface area (Å²) >= 11 is 1.41. The minimum atomic E-state index is -1.40. The van der Waals surface area contributed by atoms with Crippen molar-refractivity contribution < 1.29 is 38.4 Å². The number of rotatable bonds is 8. The monoisotopic (exact) mass is 741 g/mol. The van der Waals surface area contributed by atoms with Crippen molar-refractivity contribution >= 4 is 46.8 Å². The minimum absolute atomic E-state index is 0.00700. The zero-order valence-electron chi connectivity index (χ0n) is 28.7. The van der Waals surface area contributed by atoms with Crippen LogP contribution in [0.3, 0.4) is 0 Å². The smallest absolute Gasteiger partial charge is 0.326 e. The molecule has 16 heteroatoms. The molecule has 4 aromatic rings. The first-order chi connectivity index (χ1) is 25.7. The molecule has 276 valence electrons. The Morgan fingerprint density at radius 3 is 2.43 bits per heavy atom. The molecule has 2 saturated heterocycles. The van der Waals surface area contributed by atoms with E-state index in [2.05, 4.69) is 31.4 Å². The van der Waals surface area contributed by atoms with E-state index >= 15 is 0 Å². The number of fused-ring (bicyclic) bond motifs is 1. The molecular formula is C37H39N7O8S. The molecule has 0 spiro atoms. The van der Waals surface area contributed by atoms with Crippen LogP contribution in [0.15, 0.2) is 76.8 Å².